The van der Waals surface area contributed by atoms with Crippen LogP contribution in [0.3, 0.4) is 0 Å². The Morgan fingerprint density at radius 3 is 2.17 bits per heavy atom. The average molecular weight is 318 g/mol. The number of halogens is 1. The van der Waals surface area contributed by atoms with Gasteiger partial charge in [0.1, 0.15) is 0 Å². The van der Waals surface area contributed by atoms with Gasteiger partial charge in [0.15, 0.2) is 14.9 Å². The maximum absolute atomic E-state index is 11.6. The van der Waals surface area contributed by atoms with Crippen LogP contribution in [-0.2, 0) is 19.9 Å². The van der Waals surface area contributed by atoms with Gasteiger partial charge in [-0.2, -0.15) is 0 Å². The molecule has 1 rings (SSSR count). The van der Waals surface area contributed by atoms with Gasteiger partial charge in [-0.3, -0.25) is 0 Å². The van der Waals surface area contributed by atoms with Crippen LogP contribution in [0.25, 0.3) is 0 Å². The third-order valence-electron chi connectivity index (χ3n) is 3.20. The summed E-state index contributed by atoms with van der Waals surface area (Å²) in [6.07, 6.45) is 5.07. The summed E-state index contributed by atoms with van der Waals surface area (Å²) < 4.78 is 47.5. The third kappa shape index (κ3) is 5.86. The van der Waals surface area contributed by atoms with E-state index in [0.717, 1.165) is 31.9 Å². The largest absolute Gasteiger partial charge is 0.228 e. The molecule has 1 saturated carbocycles. The fourth-order valence-electron chi connectivity index (χ4n) is 2.31. The Kier molecular flexibility index (Phi) is 5.89. The molecule has 0 aromatic rings. The molecule has 0 saturated heterocycles. The summed E-state index contributed by atoms with van der Waals surface area (Å²) in [6.45, 7) is 0.287. The van der Waals surface area contributed by atoms with E-state index in [2.05, 4.69) is 4.72 Å². The first-order valence-corrected chi connectivity index (χ1v) is 10.2. The Labute approximate surface area is 114 Å². The maximum Gasteiger partial charge on any atom is 0.226 e. The fourth-order valence-corrected chi connectivity index (χ4v) is 5.78. The second-order valence-electron chi connectivity index (χ2n) is 4.97. The molecule has 0 aromatic heterocycles. The first-order chi connectivity index (χ1) is 8.23. The molecule has 1 aliphatic carbocycles. The molecule has 5 nitrogen and oxygen atoms in total. The molecule has 18 heavy (non-hydrogen) atoms. The lowest BCUT2D eigenvalue weighted by Crippen LogP contribution is -2.37. The maximum atomic E-state index is 11.6. The van der Waals surface area contributed by atoms with Gasteiger partial charge in [-0.25, -0.2) is 21.6 Å². The summed E-state index contributed by atoms with van der Waals surface area (Å²) in [5.74, 6) is 1.06. The number of sulfonamides is 1. The summed E-state index contributed by atoms with van der Waals surface area (Å²) in [5, 5.41) is -0.849. The van der Waals surface area contributed by atoms with Crippen molar-refractivity contribution in [3.8, 4) is 0 Å². The Morgan fingerprint density at radius 2 is 1.67 bits per heavy atom. The van der Waals surface area contributed by atoms with Gasteiger partial charge in [0.05, 0.1) is 0 Å². The van der Waals surface area contributed by atoms with Gasteiger partial charge in [-0.15, -0.1) is 11.6 Å². The average Bonchev–Trinajstić information content (AvgIpc) is 2.23. The molecule has 1 N–H and O–H groups in total. The van der Waals surface area contributed by atoms with E-state index in [-0.39, 0.29) is 12.5 Å². The zero-order valence-corrected chi connectivity index (χ0v) is 12.8. The molecule has 0 amide bonds. The highest BCUT2D eigenvalue weighted by atomic mass is 35.5. The van der Waals surface area contributed by atoms with Crippen LogP contribution in [0.15, 0.2) is 0 Å². The molecule has 1 aliphatic rings. The SMILES string of the molecule is CS(=O)(=O)CS(=O)(=O)NCC1CCCCC1CCl. The molecule has 0 radical (unpaired) electrons. The molecule has 0 heterocycles. The predicted octanol–water partition coefficient (Wildman–Crippen LogP) is 0.953. The molecule has 0 bridgehead atoms. The lowest BCUT2D eigenvalue weighted by Gasteiger charge is -2.30. The monoisotopic (exact) mass is 317 g/mol. The number of nitrogens with one attached hydrogen (secondary N) is 1. The molecular formula is C10H20ClNO4S2. The molecule has 2 unspecified atom stereocenters. The Balaban J connectivity index is 2.53. The van der Waals surface area contributed by atoms with Crippen molar-refractivity contribution in [2.45, 2.75) is 25.7 Å². The molecule has 1 fully saturated rings. The van der Waals surface area contributed by atoms with Gasteiger partial charge in [0.25, 0.3) is 0 Å². The van der Waals surface area contributed by atoms with Crippen molar-refractivity contribution in [1.82, 2.24) is 4.72 Å². The third-order valence-corrected chi connectivity index (χ3v) is 7.16. The van der Waals surface area contributed by atoms with Crippen molar-refractivity contribution in [2.75, 3.05) is 23.8 Å². The number of sulfone groups is 1. The number of alkyl halides is 1. The van der Waals surface area contributed by atoms with E-state index >= 15 is 0 Å². The van der Waals surface area contributed by atoms with E-state index in [0.29, 0.717) is 11.8 Å². The van der Waals surface area contributed by atoms with E-state index in [9.17, 15) is 16.8 Å². The van der Waals surface area contributed by atoms with Gasteiger partial charge in [0, 0.05) is 18.7 Å². The lowest BCUT2D eigenvalue weighted by molar-refractivity contribution is 0.260. The first-order valence-electron chi connectivity index (χ1n) is 5.94. The minimum atomic E-state index is -3.75. The van der Waals surface area contributed by atoms with Crippen molar-refractivity contribution < 1.29 is 16.8 Å². The standard InChI is InChI=1S/C10H20ClNO4S2/c1-17(13,14)8-18(15,16)12-7-10-5-3-2-4-9(10)6-11/h9-10,12H,2-8H2,1H3. The van der Waals surface area contributed by atoms with Crippen molar-refractivity contribution in [3.05, 3.63) is 0 Å². The molecule has 0 aromatic carbocycles. The van der Waals surface area contributed by atoms with Crippen LogP contribution in [0.2, 0.25) is 0 Å². The van der Waals surface area contributed by atoms with E-state index in [4.69, 9.17) is 11.6 Å². The first kappa shape index (κ1) is 16.2. The fraction of sp³-hybridized carbons (Fsp3) is 1.00. The van der Waals surface area contributed by atoms with E-state index in [1.807, 2.05) is 0 Å². The number of hydrogen-bond donors (Lipinski definition) is 1. The molecule has 0 spiro atoms. The van der Waals surface area contributed by atoms with Crippen LogP contribution < -0.4 is 4.72 Å². The molecule has 8 heteroatoms. The molecule has 2 atom stereocenters. The van der Waals surface area contributed by atoms with Gasteiger partial charge < -0.3 is 0 Å². The summed E-state index contributed by atoms with van der Waals surface area (Å²) >= 11 is 5.86. The van der Waals surface area contributed by atoms with Gasteiger partial charge in [-0.1, -0.05) is 12.8 Å². The second kappa shape index (κ2) is 6.54. The molecule has 108 valence electrons. The highest BCUT2D eigenvalue weighted by Gasteiger charge is 2.26. The van der Waals surface area contributed by atoms with E-state index < -0.39 is 24.9 Å². The zero-order valence-electron chi connectivity index (χ0n) is 10.4. The highest BCUT2D eigenvalue weighted by Crippen LogP contribution is 2.30. The van der Waals surface area contributed by atoms with Crippen molar-refractivity contribution in [1.29, 1.82) is 0 Å². The van der Waals surface area contributed by atoms with Crippen LogP contribution in [0.5, 0.6) is 0 Å². The zero-order chi connectivity index (χ0) is 13.8. The summed E-state index contributed by atoms with van der Waals surface area (Å²) in [6, 6.07) is 0. The molecule has 0 aliphatic heterocycles. The second-order valence-corrected chi connectivity index (χ2v) is 9.59. The Bertz CT molecular complexity index is 460. The Hall–Kier alpha value is 0.150. The molecular weight excluding hydrogens is 298 g/mol. The van der Waals surface area contributed by atoms with Crippen molar-refractivity contribution >= 4 is 31.5 Å². The van der Waals surface area contributed by atoms with Crippen molar-refractivity contribution in [3.63, 3.8) is 0 Å². The van der Waals surface area contributed by atoms with Crippen LogP contribution in [0.1, 0.15) is 25.7 Å². The van der Waals surface area contributed by atoms with Crippen LogP contribution in [0.4, 0.5) is 0 Å². The minimum Gasteiger partial charge on any atom is -0.228 e. The van der Waals surface area contributed by atoms with E-state index in [1.54, 1.807) is 0 Å². The summed E-state index contributed by atoms with van der Waals surface area (Å²) in [4.78, 5) is 0. The lowest BCUT2D eigenvalue weighted by atomic mass is 9.80. The Morgan fingerprint density at radius 1 is 1.11 bits per heavy atom. The minimum absolute atomic E-state index is 0.214. The summed E-state index contributed by atoms with van der Waals surface area (Å²) in [7, 11) is -7.28. The van der Waals surface area contributed by atoms with Crippen molar-refractivity contribution in [2.24, 2.45) is 11.8 Å². The number of hydrogen-bond acceptors (Lipinski definition) is 4. The van der Waals surface area contributed by atoms with Crippen LogP contribution in [0, 0.1) is 11.8 Å². The number of rotatable bonds is 6. The predicted molar refractivity (Wildman–Crippen MR) is 72.8 cm³/mol. The highest BCUT2D eigenvalue weighted by molar-refractivity contribution is 8.06. The van der Waals surface area contributed by atoms with Gasteiger partial charge in [0.2, 0.25) is 10.0 Å². The van der Waals surface area contributed by atoms with Gasteiger partial charge >= 0.3 is 0 Å². The van der Waals surface area contributed by atoms with E-state index in [1.165, 1.54) is 0 Å². The van der Waals surface area contributed by atoms with Crippen LogP contribution in [-0.4, -0.2) is 40.6 Å². The normalized spacial score (nSPS) is 26.1. The summed E-state index contributed by atoms with van der Waals surface area (Å²) in [5.41, 5.74) is 0. The topological polar surface area (TPSA) is 80.3 Å². The smallest absolute Gasteiger partial charge is 0.226 e. The van der Waals surface area contributed by atoms with Gasteiger partial charge in [-0.05, 0) is 24.7 Å². The quantitative estimate of drug-likeness (QED) is 0.740. The van der Waals surface area contributed by atoms with Crippen LogP contribution >= 0.6 is 11.6 Å².